The lowest BCUT2D eigenvalue weighted by molar-refractivity contribution is -0.129. The van der Waals surface area contributed by atoms with Gasteiger partial charge in [-0.2, -0.15) is 5.10 Å². The molecule has 0 fully saturated rings. The molecular weight excluding hydrogens is 287 g/mol. The van der Waals surface area contributed by atoms with Gasteiger partial charge in [-0.25, -0.2) is 4.39 Å². The Labute approximate surface area is 126 Å². The number of carbonyl (C=O) groups is 2. The summed E-state index contributed by atoms with van der Waals surface area (Å²) in [5.74, 6) is -0.544. The third-order valence-corrected chi connectivity index (χ3v) is 3.70. The number of anilines is 1. The fourth-order valence-electron chi connectivity index (χ4n) is 2.48. The highest BCUT2D eigenvalue weighted by molar-refractivity contribution is 6.04. The Kier molecular flexibility index (Phi) is 3.62. The van der Waals surface area contributed by atoms with E-state index >= 15 is 0 Å². The molecule has 0 radical (unpaired) electrons. The van der Waals surface area contributed by atoms with Crippen LogP contribution in [0.2, 0.25) is 0 Å². The SMILES string of the molecule is CC(=O)N1CCc2[nH]nc(NC(=O)c3cccc(F)c3)c2C1. The number of benzene rings is 1. The Bertz CT molecular complexity index is 741. The molecule has 2 N–H and O–H groups in total. The number of nitrogens with zero attached hydrogens (tertiary/aromatic N) is 2. The second-order valence-corrected chi connectivity index (χ2v) is 5.18. The quantitative estimate of drug-likeness (QED) is 0.886. The molecule has 2 heterocycles. The molecule has 1 aliphatic heterocycles. The van der Waals surface area contributed by atoms with Gasteiger partial charge in [0.25, 0.3) is 5.91 Å². The summed E-state index contributed by atoms with van der Waals surface area (Å²) in [4.78, 5) is 25.3. The Morgan fingerprint density at radius 3 is 2.95 bits per heavy atom. The van der Waals surface area contributed by atoms with Gasteiger partial charge in [0.15, 0.2) is 5.82 Å². The van der Waals surface area contributed by atoms with Crippen LogP contribution in [0.4, 0.5) is 10.2 Å². The molecule has 2 amide bonds. The third-order valence-electron chi connectivity index (χ3n) is 3.70. The van der Waals surface area contributed by atoms with Crippen LogP contribution in [0.15, 0.2) is 24.3 Å². The van der Waals surface area contributed by atoms with Crippen molar-refractivity contribution in [3.8, 4) is 0 Å². The zero-order valence-electron chi connectivity index (χ0n) is 12.0. The van der Waals surface area contributed by atoms with E-state index in [1.54, 1.807) is 4.90 Å². The Balaban J connectivity index is 1.81. The predicted octanol–water partition coefficient (Wildman–Crippen LogP) is 1.71. The average Bonchev–Trinajstić information content (AvgIpc) is 2.89. The van der Waals surface area contributed by atoms with Gasteiger partial charge in [0.2, 0.25) is 5.91 Å². The van der Waals surface area contributed by atoms with Gasteiger partial charge < -0.3 is 10.2 Å². The predicted molar refractivity (Wildman–Crippen MR) is 77.7 cm³/mol. The molecule has 114 valence electrons. The summed E-state index contributed by atoms with van der Waals surface area (Å²) in [6, 6.07) is 5.44. The van der Waals surface area contributed by atoms with E-state index in [1.165, 1.54) is 25.1 Å². The summed E-state index contributed by atoms with van der Waals surface area (Å²) in [5, 5.41) is 9.64. The van der Waals surface area contributed by atoms with E-state index in [9.17, 15) is 14.0 Å². The van der Waals surface area contributed by atoms with Gasteiger partial charge in [-0.3, -0.25) is 14.7 Å². The van der Waals surface area contributed by atoms with Gasteiger partial charge in [-0.15, -0.1) is 0 Å². The lowest BCUT2D eigenvalue weighted by atomic mass is 10.1. The molecule has 0 spiro atoms. The van der Waals surface area contributed by atoms with Crippen molar-refractivity contribution >= 4 is 17.6 Å². The number of nitrogens with one attached hydrogen (secondary N) is 2. The van der Waals surface area contributed by atoms with Crippen LogP contribution >= 0.6 is 0 Å². The van der Waals surface area contributed by atoms with E-state index in [2.05, 4.69) is 15.5 Å². The summed E-state index contributed by atoms with van der Waals surface area (Å²) in [7, 11) is 0. The molecule has 0 aliphatic carbocycles. The fraction of sp³-hybridized carbons (Fsp3) is 0.267. The highest BCUT2D eigenvalue weighted by atomic mass is 19.1. The Hall–Kier alpha value is -2.70. The molecule has 6 nitrogen and oxygen atoms in total. The lowest BCUT2D eigenvalue weighted by Crippen LogP contribution is -2.34. The summed E-state index contributed by atoms with van der Waals surface area (Å²) in [5.41, 5.74) is 1.93. The van der Waals surface area contributed by atoms with E-state index < -0.39 is 11.7 Å². The first-order valence-corrected chi connectivity index (χ1v) is 6.93. The van der Waals surface area contributed by atoms with E-state index in [0.29, 0.717) is 25.3 Å². The van der Waals surface area contributed by atoms with Gasteiger partial charge in [-0.05, 0) is 18.2 Å². The molecule has 0 bridgehead atoms. The van der Waals surface area contributed by atoms with Crippen LogP contribution in [0.1, 0.15) is 28.5 Å². The molecule has 2 aromatic rings. The number of hydrogen-bond donors (Lipinski definition) is 2. The van der Waals surface area contributed by atoms with Gasteiger partial charge >= 0.3 is 0 Å². The van der Waals surface area contributed by atoms with Gasteiger partial charge in [-0.1, -0.05) is 6.07 Å². The number of amides is 2. The number of aromatic amines is 1. The summed E-state index contributed by atoms with van der Waals surface area (Å²) < 4.78 is 13.2. The standard InChI is InChI=1S/C15H15FN4O2/c1-9(21)20-6-5-13-12(8-20)14(19-18-13)17-15(22)10-3-2-4-11(16)7-10/h2-4,7H,5-6,8H2,1H3,(H2,17,18,19,22). The average molecular weight is 302 g/mol. The maximum Gasteiger partial charge on any atom is 0.256 e. The monoisotopic (exact) mass is 302 g/mol. The maximum absolute atomic E-state index is 13.2. The van der Waals surface area contributed by atoms with Crippen molar-refractivity contribution in [2.75, 3.05) is 11.9 Å². The molecule has 7 heteroatoms. The van der Waals surface area contributed by atoms with Crippen LogP contribution < -0.4 is 5.32 Å². The fourth-order valence-corrected chi connectivity index (χ4v) is 2.48. The second-order valence-electron chi connectivity index (χ2n) is 5.18. The number of halogens is 1. The van der Waals surface area contributed by atoms with E-state index in [1.807, 2.05) is 0 Å². The van der Waals surface area contributed by atoms with Crippen LogP contribution in [0, 0.1) is 5.82 Å². The van der Waals surface area contributed by atoms with E-state index in [0.717, 1.165) is 17.3 Å². The first-order chi connectivity index (χ1) is 10.5. The first-order valence-electron chi connectivity index (χ1n) is 6.93. The molecule has 0 unspecified atom stereocenters. The van der Waals surface area contributed by atoms with Crippen LogP contribution in [0.5, 0.6) is 0 Å². The first kappa shape index (κ1) is 14.2. The summed E-state index contributed by atoms with van der Waals surface area (Å²) >= 11 is 0. The zero-order valence-corrected chi connectivity index (χ0v) is 12.0. The van der Waals surface area contributed by atoms with Crippen molar-refractivity contribution in [2.24, 2.45) is 0 Å². The number of rotatable bonds is 2. The minimum Gasteiger partial charge on any atom is -0.338 e. The van der Waals surface area contributed by atoms with Crippen LogP contribution in [0.25, 0.3) is 0 Å². The minimum absolute atomic E-state index is 0.0192. The topological polar surface area (TPSA) is 78.1 Å². The van der Waals surface area contributed by atoms with Crippen molar-refractivity contribution in [1.29, 1.82) is 0 Å². The highest BCUT2D eigenvalue weighted by Gasteiger charge is 2.24. The van der Waals surface area contributed by atoms with Crippen molar-refractivity contribution < 1.29 is 14.0 Å². The Morgan fingerprint density at radius 2 is 2.23 bits per heavy atom. The number of fused-ring (bicyclic) bond motifs is 1. The molecule has 22 heavy (non-hydrogen) atoms. The molecule has 1 aromatic carbocycles. The van der Waals surface area contributed by atoms with Crippen LogP contribution in [-0.4, -0.2) is 33.5 Å². The van der Waals surface area contributed by atoms with Crippen molar-refractivity contribution in [3.05, 3.63) is 46.9 Å². The molecule has 0 atom stereocenters. The lowest BCUT2D eigenvalue weighted by Gasteiger charge is -2.25. The molecule has 0 saturated heterocycles. The number of H-pyrrole nitrogens is 1. The van der Waals surface area contributed by atoms with Crippen LogP contribution in [0.3, 0.4) is 0 Å². The summed E-state index contributed by atoms with van der Waals surface area (Å²) in [6.07, 6.45) is 0.664. The number of aromatic nitrogens is 2. The second kappa shape index (κ2) is 5.59. The van der Waals surface area contributed by atoms with Crippen molar-refractivity contribution in [2.45, 2.75) is 19.9 Å². The minimum atomic E-state index is -0.473. The van der Waals surface area contributed by atoms with E-state index in [4.69, 9.17) is 0 Å². The largest absolute Gasteiger partial charge is 0.338 e. The van der Waals surface area contributed by atoms with E-state index in [-0.39, 0.29) is 11.5 Å². The van der Waals surface area contributed by atoms with Crippen molar-refractivity contribution in [3.63, 3.8) is 0 Å². The van der Waals surface area contributed by atoms with Gasteiger partial charge in [0.05, 0.1) is 6.54 Å². The summed E-state index contributed by atoms with van der Waals surface area (Å²) in [6.45, 7) is 2.54. The smallest absolute Gasteiger partial charge is 0.256 e. The molecular formula is C15H15FN4O2. The van der Waals surface area contributed by atoms with Gasteiger partial charge in [0, 0.05) is 36.7 Å². The Morgan fingerprint density at radius 1 is 1.41 bits per heavy atom. The van der Waals surface area contributed by atoms with Gasteiger partial charge in [0.1, 0.15) is 5.82 Å². The van der Waals surface area contributed by atoms with Crippen LogP contribution in [-0.2, 0) is 17.8 Å². The number of carbonyl (C=O) groups excluding carboxylic acids is 2. The normalized spacial score (nSPS) is 13.6. The molecule has 3 rings (SSSR count). The molecule has 1 aromatic heterocycles. The zero-order chi connectivity index (χ0) is 15.7. The van der Waals surface area contributed by atoms with Crippen molar-refractivity contribution in [1.82, 2.24) is 15.1 Å². The molecule has 0 saturated carbocycles. The third kappa shape index (κ3) is 2.69. The number of hydrogen-bond acceptors (Lipinski definition) is 3. The maximum atomic E-state index is 13.2. The highest BCUT2D eigenvalue weighted by Crippen LogP contribution is 2.24. The molecule has 1 aliphatic rings.